The summed E-state index contributed by atoms with van der Waals surface area (Å²) in [5, 5.41) is 0. The highest BCUT2D eigenvalue weighted by Gasteiger charge is 2.18. The van der Waals surface area contributed by atoms with Gasteiger partial charge in [-0.3, -0.25) is 9.69 Å². The number of ether oxygens (including phenoxy) is 1. The zero-order valence-corrected chi connectivity index (χ0v) is 15.5. The van der Waals surface area contributed by atoms with Crippen molar-refractivity contribution in [3.05, 3.63) is 34.3 Å². The first kappa shape index (κ1) is 18.0. The highest BCUT2D eigenvalue weighted by atomic mass is 79.9. The van der Waals surface area contributed by atoms with Gasteiger partial charge in [-0.2, -0.15) is 0 Å². The second-order valence-corrected chi connectivity index (χ2v) is 6.53. The van der Waals surface area contributed by atoms with Crippen LogP contribution in [-0.4, -0.2) is 55.0 Å². The van der Waals surface area contributed by atoms with E-state index in [1.807, 2.05) is 36.1 Å². The number of benzene rings is 1. The van der Waals surface area contributed by atoms with E-state index >= 15 is 0 Å². The average Bonchev–Trinajstić information content (AvgIpc) is 2.56. The molecule has 1 aliphatic rings. The highest BCUT2D eigenvalue weighted by molar-refractivity contribution is 9.10. The molecule has 5 heteroatoms. The molecule has 0 aliphatic carbocycles. The number of halogens is 1. The fourth-order valence-electron chi connectivity index (χ4n) is 2.71. The normalized spacial score (nSPS) is 16.0. The van der Waals surface area contributed by atoms with E-state index in [0.717, 1.165) is 54.9 Å². The summed E-state index contributed by atoms with van der Waals surface area (Å²) in [4.78, 5) is 16.7. The second kappa shape index (κ2) is 9.08. The maximum atomic E-state index is 12.4. The van der Waals surface area contributed by atoms with Crippen LogP contribution in [0.2, 0.25) is 0 Å². The lowest BCUT2D eigenvalue weighted by atomic mass is 10.2. The number of carbonyl (C=O) groups is 1. The number of hydrogen-bond acceptors (Lipinski definition) is 3. The van der Waals surface area contributed by atoms with Crippen molar-refractivity contribution in [3.8, 4) is 5.75 Å². The predicted molar refractivity (Wildman–Crippen MR) is 97.7 cm³/mol. The molecule has 0 unspecified atom stereocenters. The van der Waals surface area contributed by atoms with Gasteiger partial charge in [0.1, 0.15) is 5.75 Å². The van der Waals surface area contributed by atoms with Gasteiger partial charge in [0.2, 0.25) is 5.91 Å². The zero-order valence-electron chi connectivity index (χ0n) is 13.9. The van der Waals surface area contributed by atoms with Crippen molar-refractivity contribution >= 4 is 27.9 Å². The number of amides is 1. The van der Waals surface area contributed by atoms with E-state index in [2.05, 4.69) is 27.8 Å². The smallest absolute Gasteiger partial charge is 0.246 e. The molecule has 1 saturated heterocycles. The minimum atomic E-state index is 0.0728. The van der Waals surface area contributed by atoms with E-state index in [0.29, 0.717) is 6.61 Å². The number of hydrogen-bond donors (Lipinski definition) is 0. The fourth-order valence-corrected chi connectivity index (χ4v) is 3.09. The van der Waals surface area contributed by atoms with Gasteiger partial charge in [-0.15, -0.1) is 0 Å². The van der Waals surface area contributed by atoms with Gasteiger partial charge in [0.05, 0.1) is 6.61 Å². The van der Waals surface area contributed by atoms with Crippen LogP contribution in [0.4, 0.5) is 0 Å². The standard InChI is InChI=1S/C18H25BrN2O2/c1-3-9-20-10-12-21(13-11-20)18(22)8-5-15-14-16(19)6-7-17(15)23-4-2/h5-8,14H,3-4,9-13H2,1-2H3/b8-5+. The Kier molecular flexibility index (Phi) is 7.12. The van der Waals surface area contributed by atoms with Gasteiger partial charge >= 0.3 is 0 Å². The molecule has 1 heterocycles. The topological polar surface area (TPSA) is 32.8 Å². The number of piperazine rings is 1. The van der Waals surface area contributed by atoms with Gasteiger partial charge in [0, 0.05) is 42.3 Å². The van der Waals surface area contributed by atoms with Gasteiger partial charge in [0.15, 0.2) is 0 Å². The molecular formula is C18H25BrN2O2. The van der Waals surface area contributed by atoms with Crippen molar-refractivity contribution in [2.75, 3.05) is 39.3 Å². The van der Waals surface area contributed by atoms with Crippen LogP contribution in [-0.2, 0) is 4.79 Å². The quantitative estimate of drug-likeness (QED) is 0.708. The molecule has 0 N–H and O–H groups in total. The van der Waals surface area contributed by atoms with Crippen molar-refractivity contribution in [1.29, 1.82) is 0 Å². The lowest BCUT2D eigenvalue weighted by molar-refractivity contribution is -0.127. The van der Waals surface area contributed by atoms with E-state index in [1.165, 1.54) is 0 Å². The third-order valence-corrected chi connectivity index (χ3v) is 4.39. The SMILES string of the molecule is CCCN1CCN(C(=O)/C=C/c2cc(Br)ccc2OCC)CC1. The number of rotatable bonds is 6. The molecule has 0 spiro atoms. The van der Waals surface area contributed by atoms with E-state index in [9.17, 15) is 4.79 Å². The highest BCUT2D eigenvalue weighted by Crippen LogP contribution is 2.24. The van der Waals surface area contributed by atoms with Gasteiger partial charge in [-0.1, -0.05) is 22.9 Å². The van der Waals surface area contributed by atoms with Crippen LogP contribution in [0, 0.1) is 0 Å². The van der Waals surface area contributed by atoms with Crippen LogP contribution in [0.15, 0.2) is 28.7 Å². The molecule has 23 heavy (non-hydrogen) atoms. The zero-order chi connectivity index (χ0) is 16.7. The van der Waals surface area contributed by atoms with Crippen molar-refractivity contribution < 1.29 is 9.53 Å². The monoisotopic (exact) mass is 380 g/mol. The first-order chi connectivity index (χ1) is 11.1. The summed E-state index contributed by atoms with van der Waals surface area (Å²) >= 11 is 3.46. The molecule has 2 rings (SSSR count). The molecule has 1 aromatic rings. The summed E-state index contributed by atoms with van der Waals surface area (Å²) in [5.74, 6) is 0.871. The minimum Gasteiger partial charge on any atom is -0.493 e. The summed E-state index contributed by atoms with van der Waals surface area (Å²) in [6, 6.07) is 5.83. The van der Waals surface area contributed by atoms with Gasteiger partial charge < -0.3 is 9.64 Å². The van der Waals surface area contributed by atoms with E-state index in [-0.39, 0.29) is 5.91 Å². The lowest BCUT2D eigenvalue weighted by Crippen LogP contribution is -2.48. The third-order valence-electron chi connectivity index (χ3n) is 3.90. The summed E-state index contributed by atoms with van der Waals surface area (Å²) in [6.07, 6.45) is 4.66. The Balaban J connectivity index is 1.97. The molecule has 126 valence electrons. The van der Waals surface area contributed by atoms with E-state index < -0.39 is 0 Å². The number of carbonyl (C=O) groups excluding carboxylic acids is 1. The number of nitrogens with zero attached hydrogens (tertiary/aromatic N) is 2. The Morgan fingerprint density at radius 3 is 2.65 bits per heavy atom. The van der Waals surface area contributed by atoms with Gasteiger partial charge in [0.25, 0.3) is 0 Å². The summed E-state index contributed by atoms with van der Waals surface area (Å²) in [5.41, 5.74) is 0.916. The van der Waals surface area contributed by atoms with Crippen LogP contribution in [0.3, 0.4) is 0 Å². The fraction of sp³-hybridized carbons (Fsp3) is 0.500. The second-order valence-electron chi connectivity index (χ2n) is 5.62. The Morgan fingerprint density at radius 2 is 2.00 bits per heavy atom. The van der Waals surface area contributed by atoms with Crippen molar-refractivity contribution in [2.24, 2.45) is 0 Å². The molecule has 1 fully saturated rings. The maximum absolute atomic E-state index is 12.4. The van der Waals surface area contributed by atoms with Crippen LogP contribution in [0.5, 0.6) is 5.75 Å². The summed E-state index contributed by atoms with van der Waals surface area (Å²) in [6.45, 7) is 9.41. The van der Waals surface area contributed by atoms with Crippen LogP contribution in [0.25, 0.3) is 6.08 Å². The molecule has 0 saturated carbocycles. The average molecular weight is 381 g/mol. The van der Waals surface area contributed by atoms with Crippen LogP contribution < -0.4 is 4.74 Å². The van der Waals surface area contributed by atoms with Crippen molar-refractivity contribution in [3.63, 3.8) is 0 Å². The van der Waals surface area contributed by atoms with E-state index in [4.69, 9.17) is 4.74 Å². The molecule has 0 atom stereocenters. The molecule has 1 amide bonds. The van der Waals surface area contributed by atoms with Crippen LogP contribution >= 0.6 is 15.9 Å². The first-order valence-electron chi connectivity index (χ1n) is 8.25. The molecule has 1 aliphatic heterocycles. The third kappa shape index (κ3) is 5.36. The molecule has 0 aromatic heterocycles. The molecule has 4 nitrogen and oxygen atoms in total. The Bertz CT molecular complexity index is 552. The van der Waals surface area contributed by atoms with E-state index in [1.54, 1.807) is 6.08 Å². The minimum absolute atomic E-state index is 0.0728. The lowest BCUT2D eigenvalue weighted by Gasteiger charge is -2.34. The van der Waals surface area contributed by atoms with Crippen molar-refractivity contribution in [2.45, 2.75) is 20.3 Å². The molecule has 1 aromatic carbocycles. The molecule has 0 radical (unpaired) electrons. The Labute approximate surface area is 147 Å². The molecular weight excluding hydrogens is 356 g/mol. The Morgan fingerprint density at radius 1 is 1.26 bits per heavy atom. The summed E-state index contributed by atoms with van der Waals surface area (Å²) in [7, 11) is 0. The van der Waals surface area contributed by atoms with Crippen molar-refractivity contribution in [1.82, 2.24) is 9.80 Å². The van der Waals surface area contributed by atoms with Gasteiger partial charge in [-0.05, 0) is 44.2 Å². The first-order valence-corrected chi connectivity index (χ1v) is 9.05. The predicted octanol–water partition coefficient (Wildman–Crippen LogP) is 3.42. The maximum Gasteiger partial charge on any atom is 0.246 e. The summed E-state index contributed by atoms with van der Waals surface area (Å²) < 4.78 is 6.58. The molecule has 0 bridgehead atoms. The largest absolute Gasteiger partial charge is 0.493 e. The Hall–Kier alpha value is -1.33. The van der Waals surface area contributed by atoms with Crippen LogP contribution in [0.1, 0.15) is 25.8 Å². The van der Waals surface area contributed by atoms with Gasteiger partial charge in [-0.25, -0.2) is 0 Å².